The second-order valence-corrected chi connectivity index (χ2v) is 3.94. The van der Waals surface area contributed by atoms with Gasteiger partial charge in [-0.1, -0.05) is 19.1 Å². The third-order valence-corrected chi connectivity index (χ3v) is 2.64. The van der Waals surface area contributed by atoms with Gasteiger partial charge in [-0.15, -0.1) is 0 Å². The van der Waals surface area contributed by atoms with Gasteiger partial charge in [0.25, 0.3) is 0 Å². The fraction of sp³-hybridized carbons (Fsp3) is 0.818. The first-order valence-corrected chi connectivity index (χ1v) is 5.26. The molecule has 2 atom stereocenters. The molecule has 0 saturated carbocycles. The van der Waals surface area contributed by atoms with Gasteiger partial charge in [0.2, 0.25) is 0 Å². The van der Waals surface area contributed by atoms with E-state index >= 15 is 0 Å². The first-order valence-electron chi connectivity index (χ1n) is 5.26. The van der Waals surface area contributed by atoms with Gasteiger partial charge in [-0.3, -0.25) is 0 Å². The van der Waals surface area contributed by atoms with Gasteiger partial charge in [-0.25, -0.2) is 0 Å². The summed E-state index contributed by atoms with van der Waals surface area (Å²) in [6.07, 6.45) is 5.80. The molecule has 2 nitrogen and oxygen atoms in total. The molecule has 1 fully saturated rings. The zero-order chi connectivity index (χ0) is 9.68. The maximum atomic E-state index is 5.99. The molecule has 0 aliphatic carbocycles. The standard InChI is InChI=1S/C11H21NO/c1-3-9(2)7-10(12)8-11-5-4-6-13-11/h10-11H,2-8,12H2,1H3. The minimum atomic E-state index is 0.246. The molecule has 76 valence electrons. The Balaban J connectivity index is 2.16. The Kier molecular flexibility index (Phi) is 4.46. The Hall–Kier alpha value is -0.340. The van der Waals surface area contributed by atoms with Crippen LogP contribution >= 0.6 is 0 Å². The topological polar surface area (TPSA) is 35.2 Å². The summed E-state index contributed by atoms with van der Waals surface area (Å²) in [6, 6.07) is 0.246. The van der Waals surface area contributed by atoms with E-state index in [0.29, 0.717) is 6.10 Å². The van der Waals surface area contributed by atoms with Gasteiger partial charge in [-0.2, -0.15) is 0 Å². The lowest BCUT2D eigenvalue weighted by Crippen LogP contribution is -2.26. The van der Waals surface area contributed by atoms with Crippen LogP contribution in [-0.2, 0) is 4.74 Å². The molecule has 1 saturated heterocycles. The highest BCUT2D eigenvalue weighted by molar-refractivity contribution is 4.96. The van der Waals surface area contributed by atoms with E-state index in [-0.39, 0.29) is 6.04 Å². The lowest BCUT2D eigenvalue weighted by Gasteiger charge is -2.16. The third-order valence-electron chi connectivity index (χ3n) is 2.64. The minimum Gasteiger partial charge on any atom is -0.378 e. The van der Waals surface area contributed by atoms with Gasteiger partial charge in [0.1, 0.15) is 0 Å². The van der Waals surface area contributed by atoms with E-state index in [2.05, 4.69) is 13.5 Å². The van der Waals surface area contributed by atoms with Crippen molar-refractivity contribution in [3.8, 4) is 0 Å². The maximum Gasteiger partial charge on any atom is 0.0590 e. The van der Waals surface area contributed by atoms with Crippen molar-refractivity contribution in [1.82, 2.24) is 0 Å². The van der Waals surface area contributed by atoms with Crippen LogP contribution in [0.2, 0.25) is 0 Å². The first-order chi connectivity index (χ1) is 6.22. The summed E-state index contributed by atoms with van der Waals surface area (Å²) >= 11 is 0. The van der Waals surface area contributed by atoms with Crippen LogP contribution in [-0.4, -0.2) is 18.8 Å². The summed E-state index contributed by atoms with van der Waals surface area (Å²) in [6.45, 7) is 7.02. The molecule has 0 bridgehead atoms. The van der Waals surface area contributed by atoms with E-state index in [1.165, 1.54) is 18.4 Å². The number of rotatable bonds is 5. The smallest absolute Gasteiger partial charge is 0.0590 e. The largest absolute Gasteiger partial charge is 0.378 e. The van der Waals surface area contributed by atoms with Crippen molar-refractivity contribution in [2.24, 2.45) is 5.73 Å². The van der Waals surface area contributed by atoms with Gasteiger partial charge in [0.15, 0.2) is 0 Å². The summed E-state index contributed by atoms with van der Waals surface area (Å²) in [5.41, 5.74) is 7.24. The van der Waals surface area contributed by atoms with E-state index in [1.54, 1.807) is 0 Å². The quantitative estimate of drug-likeness (QED) is 0.663. The SMILES string of the molecule is C=C(CC)CC(N)CC1CCCO1. The van der Waals surface area contributed by atoms with Crippen LogP contribution in [0.4, 0.5) is 0 Å². The molecule has 13 heavy (non-hydrogen) atoms. The van der Waals surface area contributed by atoms with Gasteiger partial charge in [0, 0.05) is 12.6 Å². The molecule has 2 N–H and O–H groups in total. The van der Waals surface area contributed by atoms with Crippen LogP contribution in [0.5, 0.6) is 0 Å². The molecule has 2 unspecified atom stereocenters. The molecular weight excluding hydrogens is 162 g/mol. The predicted molar refractivity (Wildman–Crippen MR) is 55.6 cm³/mol. The fourth-order valence-corrected chi connectivity index (χ4v) is 1.77. The van der Waals surface area contributed by atoms with Crippen LogP contribution in [0, 0.1) is 0 Å². The average Bonchev–Trinajstić information content (AvgIpc) is 2.56. The second kappa shape index (κ2) is 5.40. The summed E-state index contributed by atoms with van der Waals surface area (Å²) in [5.74, 6) is 0. The van der Waals surface area contributed by atoms with E-state index < -0.39 is 0 Å². The highest BCUT2D eigenvalue weighted by Crippen LogP contribution is 2.19. The summed E-state index contributed by atoms with van der Waals surface area (Å²) < 4.78 is 5.53. The van der Waals surface area contributed by atoms with Gasteiger partial charge < -0.3 is 10.5 Å². The van der Waals surface area contributed by atoms with Crippen LogP contribution in [0.1, 0.15) is 39.0 Å². The molecule has 0 aromatic rings. The zero-order valence-corrected chi connectivity index (χ0v) is 8.59. The van der Waals surface area contributed by atoms with E-state index in [0.717, 1.165) is 25.9 Å². The molecule has 0 spiro atoms. The highest BCUT2D eigenvalue weighted by Gasteiger charge is 2.18. The number of nitrogens with two attached hydrogens (primary N) is 1. The average molecular weight is 183 g/mol. The van der Waals surface area contributed by atoms with Crippen LogP contribution in [0.15, 0.2) is 12.2 Å². The summed E-state index contributed by atoms with van der Waals surface area (Å²) in [4.78, 5) is 0. The third kappa shape index (κ3) is 3.92. The van der Waals surface area contributed by atoms with Crippen molar-refractivity contribution in [2.45, 2.75) is 51.2 Å². The van der Waals surface area contributed by atoms with Crippen molar-refractivity contribution in [3.63, 3.8) is 0 Å². The minimum absolute atomic E-state index is 0.246. The van der Waals surface area contributed by atoms with Crippen molar-refractivity contribution in [3.05, 3.63) is 12.2 Å². The molecule has 2 heteroatoms. The van der Waals surface area contributed by atoms with Gasteiger partial charge in [-0.05, 0) is 32.1 Å². The zero-order valence-electron chi connectivity index (χ0n) is 8.59. The second-order valence-electron chi connectivity index (χ2n) is 3.94. The molecule has 0 aromatic heterocycles. The van der Waals surface area contributed by atoms with E-state index in [9.17, 15) is 0 Å². The van der Waals surface area contributed by atoms with Crippen molar-refractivity contribution in [1.29, 1.82) is 0 Å². The lowest BCUT2D eigenvalue weighted by atomic mass is 10.00. The molecule has 1 aliphatic rings. The molecule has 1 rings (SSSR count). The monoisotopic (exact) mass is 183 g/mol. The predicted octanol–water partition coefficient (Wildman–Crippen LogP) is 2.24. The van der Waals surface area contributed by atoms with Gasteiger partial charge >= 0.3 is 0 Å². The Bertz CT molecular complexity index is 161. The number of hydrogen-bond donors (Lipinski definition) is 1. The van der Waals surface area contributed by atoms with Crippen molar-refractivity contribution in [2.75, 3.05) is 6.61 Å². The lowest BCUT2D eigenvalue weighted by molar-refractivity contribution is 0.0983. The van der Waals surface area contributed by atoms with Crippen LogP contribution in [0.25, 0.3) is 0 Å². The molecule has 0 radical (unpaired) electrons. The molecule has 1 heterocycles. The molecule has 1 aliphatic heterocycles. The molecular formula is C11H21NO. The molecule has 0 amide bonds. The van der Waals surface area contributed by atoms with E-state index in [1.807, 2.05) is 0 Å². The summed E-state index contributed by atoms with van der Waals surface area (Å²) in [5, 5.41) is 0. The van der Waals surface area contributed by atoms with Crippen molar-refractivity contribution >= 4 is 0 Å². The van der Waals surface area contributed by atoms with Gasteiger partial charge in [0.05, 0.1) is 6.10 Å². The molecule has 0 aromatic carbocycles. The first kappa shape index (κ1) is 10.7. The van der Waals surface area contributed by atoms with Crippen LogP contribution < -0.4 is 5.73 Å². The maximum absolute atomic E-state index is 5.99. The Morgan fingerprint density at radius 2 is 2.46 bits per heavy atom. The Morgan fingerprint density at radius 1 is 1.69 bits per heavy atom. The van der Waals surface area contributed by atoms with Crippen LogP contribution in [0.3, 0.4) is 0 Å². The summed E-state index contributed by atoms with van der Waals surface area (Å²) in [7, 11) is 0. The number of ether oxygens (including phenoxy) is 1. The Labute approximate surface area is 81.1 Å². The number of hydrogen-bond acceptors (Lipinski definition) is 2. The fourth-order valence-electron chi connectivity index (χ4n) is 1.77. The normalized spacial score (nSPS) is 24.6. The highest BCUT2D eigenvalue weighted by atomic mass is 16.5. The van der Waals surface area contributed by atoms with E-state index in [4.69, 9.17) is 10.5 Å². The van der Waals surface area contributed by atoms with Crippen molar-refractivity contribution < 1.29 is 4.74 Å². The Morgan fingerprint density at radius 3 is 3.00 bits per heavy atom.